The van der Waals surface area contributed by atoms with Crippen LogP contribution in [0.1, 0.15) is 23.0 Å². The van der Waals surface area contributed by atoms with E-state index >= 15 is 4.39 Å². The number of aryl methyl sites for hydroxylation is 2. The van der Waals surface area contributed by atoms with Crippen LogP contribution in [0.25, 0.3) is 39.4 Å². The molecule has 2 heterocycles. The van der Waals surface area contributed by atoms with E-state index in [0.29, 0.717) is 0 Å². The second-order valence-corrected chi connectivity index (χ2v) is 12.1. The molecule has 0 atom stereocenters. The number of imidazole rings is 1. The van der Waals surface area contributed by atoms with E-state index in [1.54, 1.807) is 0 Å². The van der Waals surface area contributed by atoms with Crippen molar-refractivity contribution in [1.29, 1.82) is 0 Å². The number of rotatable bonds is 6. The third-order valence-corrected chi connectivity index (χ3v) is 7.97. The van der Waals surface area contributed by atoms with Gasteiger partial charge in [0.15, 0.2) is 27.2 Å². The zero-order valence-electron chi connectivity index (χ0n) is 22.6. The molecule has 0 amide bonds. The number of alkyl halides is 3. The summed E-state index contributed by atoms with van der Waals surface area (Å²) in [6, 6.07) is 10.2. The molecule has 5 rings (SSSR count). The number of nitrogens with zero attached hydrogens (tertiary/aromatic N) is 3. The summed E-state index contributed by atoms with van der Waals surface area (Å²) >= 11 is 6.07. The van der Waals surface area contributed by atoms with Crippen LogP contribution in [0.2, 0.25) is 5.02 Å². The summed E-state index contributed by atoms with van der Waals surface area (Å²) < 4.78 is 102. The normalized spacial score (nSPS) is 12.2. The maximum atomic E-state index is 15.0. The molecule has 0 aliphatic rings. The highest BCUT2D eigenvalue weighted by Crippen LogP contribution is 2.40. The summed E-state index contributed by atoms with van der Waals surface area (Å²) in [4.78, 5) is 7.64. The number of hydrogen-bond donors (Lipinski definition) is 1. The Morgan fingerprint density at radius 2 is 1.70 bits per heavy atom. The largest absolute Gasteiger partial charge is 0.440 e. The number of hydrogen-bond acceptors (Lipinski definition) is 6. The van der Waals surface area contributed by atoms with Crippen LogP contribution < -0.4 is 0 Å². The molecule has 0 radical (unpaired) electrons. The minimum absolute atomic E-state index is 0.0189. The summed E-state index contributed by atoms with van der Waals surface area (Å²) in [5, 5.41) is 9.65. The molecule has 0 bridgehead atoms. The predicted octanol–water partition coefficient (Wildman–Crippen LogP) is 7.32. The first kappa shape index (κ1) is 30.4. The highest BCUT2D eigenvalue weighted by Gasteiger charge is 2.35. The van der Waals surface area contributed by atoms with Crippen LogP contribution in [0, 0.1) is 25.5 Å². The number of oxazole rings is 1. The molecule has 0 spiro atoms. The Balaban J connectivity index is 1.82. The molecule has 43 heavy (non-hydrogen) atoms. The second-order valence-electron chi connectivity index (χ2n) is 9.71. The van der Waals surface area contributed by atoms with Crippen molar-refractivity contribution in [2.75, 3.05) is 6.26 Å². The smallest absolute Gasteiger partial charge is 0.434 e. The summed E-state index contributed by atoms with van der Waals surface area (Å²) in [7, 11) is -3.97. The number of sulfone groups is 1. The molecular formula is C29H21ClF5N3O4S. The molecule has 7 nitrogen and oxygen atoms in total. The predicted molar refractivity (Wildman–Crippen MR) is 148 cm³/mol. The molecule has 0 unspecified atom stereocenters. The Kier molecular flexibility index (Phi) is 7.69. The van der Waals surface area contributed by atoms with Gasteiger partial charge in [-0.25, -0.2) is 27.2 Å². The van der Waals surface area contributed by atoms with Crippen molar-refractivity contribution in [3.05, 3.63) is 94.4 Å². The van der Waals surface area contributed by atoms with E-state index in [1.165, 1.54) is 48.7 Å². The van der Waals surface area contributed by atoms with Gasteiger partial charge in [-0.2, -0.15) is 13.2 Å². The van der Waals surface area contributed by atoms with Crippen molar-refractivity contribution in [3.63, 3.8) is 0 Å². The van der Waals surface area contributed by atoms with E-state index in [-0.39, 0.29) is 56.1 Å². The number of halogens is 6. The highest BCUT2D eigenvalue weighted by molar-refractivity contribution is 7.90. The number of aliphatic hydroxyl groups excluding tert-OH is 1. The maximum Gasteiger partial charge on any atom is 0.434 e. The first-order chi connectivity index (χ1) is 20.1. The zero-order valence-corrected chi connectivity index (χ0v) is 24.2. The lowest BCUT2D eigenvalue weighted by atomic mass is 9.97. The maximum absolute atomic E-state index is 15.0. The van der Waals surface area contributed by atoms with Gasteiger partial charge >= 0.3 is 6.18 Å². The van der Waals surface area contributed by atoms with Crippen LogP contribution in [0.5, 0.6) is 0 Å². The molecule has 2 aromatic heterocycles. The van der Waals surface area contributed by atoms with Gasteiger partial charge in [0, 0.05) is 41.1 Å². The fourth-order valence-electron chi connectivity index (χ4n) is 4.72. The third-order valence-electron chi connectivity index (χ3n) is 6.59. The van der Waals surface area contributed by atoms with Crippen molar-refractivity contribution in [1.82, 2.24) is 14.5 Å². The van der Waals surface area contributed by atoms with E-state index in [4.69, 9.17) is 16.0 Å². The first-order valence-corrected chi connectivity index (χ1v) is 14.7. The Bertz CT molecular complexity index is 1980. The highest BCUT2D eigenvalue weighted by atomic mass is 35.5. The molecule has 0 saturated carbocycles. The fraction of sp³-hybridized carbons (Fsp3) is 0.172. The molecule has 0 saturated heterocycles. The minimum Gasteiger partial charge on any atom is -0.440 e. The van der Waals surface area contributed by atoms with E-state index in [2.05, 4.69) is 9.97 Å². The second kappa shape index (κ2) is 10.9. The van der Waals surface area contributed by atoms with Gasteiger partial charge < -0.3 is 14.1 Å². The van der Waals surface area contributed by atoms with Crippen molar-refractivity contribution < 1.29 is 39.9 Å². The molecule has 1 N–H and O–H groups in total. The van der Waals surface area contributed by atoms with Crippen molar-refractivity contribution >= 4 is 21.4 Å². The summed E-state index contributed by atoms with van der Waals surface area (Å²) in [5.41, 5.74) is -0.589. The molecule has 5 aromatic rings. The number of aromatic nitrogens is 3. The number of benzene rings is 3. The molecule has 0 aliphatic carbocycles. The van der Waals surface area contributed by atoms with Crippen molar-refractivity contribution in [2.24, 2.45) is 0 Å². The lowest BCUT2D eigenvalue weighted by Gasteiger charge is -2.15. The molecule has 14 heteroatoms. The van der Waals surface area contributed by atoms with Crippen LogP contribution in [-0.4, -0.2) is 34.3 Å². The molecule has 3 aromatic carbocycles. The minimum atomic E-state index is -4.74. The summed E-state index contributed by atoms with van der Waals surface area (Å²) in [5.74, 6) is -1.49. The van der Waals surface area contributed by atoms with Crippen LogP contribution in [0.3, 0.4) is 0 Å². The van der Waals surface area contributed by atoms with Crippen LogP contribution >= 0.6 is 11.6 Å². The van der Waals surface area contributed by atoms with Gasteiger partial charge in [-0.3, -0.25) is 0 Å². The lowest BCUT2D eigenvalue weighted by molar-refractivity contribution is -0.141. The quantitative estimate of drug-likeness (QED) is 0.196. The van der Waals surface area contributed by atoms with Crippen LogP contribution in [0.4, 0.5) is 22.0 Å². The average molecular weight is 638 g/mol. The van der Waals surface area contributed by atoms with Gasteiger partial charge in [0.2, 0.25) is 0 Å². The standard InChI is InChI=1S/C29H21ClF5N3O4S/c1-14-36-26(29(33,34)35)12-38(14)24-5-4-16(17-9-23(32)22(13-39)25(10-17)43(3,40)41)8-21(24)27-28(42-15(2)37-27)18-6-19(30)11-20(31)7-18/h4-12,39H,13H2,1-3H3. The van der Waals surface area contributed by atoms with E-state index < -0.39 is 50.4 Å². The van der Waals surface area contributed by atoms with Gasteiger partial charge in [0.25, 0.3) is 0 Å². The zero-order chi connectivity index (χ0) is 31.4. The van der Waals surface area contributed by atoms with E-state index in [9.17, 15) is 31.1 Å². The fourth-order valence-corrected chi connectivity index (χ4v) is 5.89. The SMILES string of the molecule is Cc1nc(-c2cc(-c3cc(F)c(CO)c(S(C)(=O)=O)c3)ccc2-n2cc(C(F)(F)F)nc2C)c(-c2cc(F)cc(Cl)c2)o1. The van der Waals surface area contributed by atoms with Crippen molar-refractivity contribution in [3.8, 4) is 39.4 Å². The Hall–Kier alpha value is -4.07. The third kappa shape index (κ3) is 5.92. The molecular weight excluding hydrogens is 617 g/mol. The Morgan fingerprint density at radius 1 is 0.977 bits per heavy atom. The average Bonchev–Trinajstić information content (AvgIpc) is 3.49. The summed E-state index contributed by atoms with van der Waals surface area (Å²) in [6.45, 7) is 2.02. The van der Waals surface area contributed by atoms with Gasteiger partial charge in [-0.15, -0.1) is 0 Å². The van der Waals surface area contributed by atoms with Gasteiger partial charge in [0.1, 0.15) is 23.2 Å². The van der Waals surface area contributed by atoms with Crippen LogP contribution in [-0.2, 0) is 22.6 Å². The Morgan fingerprint density at radius 3 is 2.30 bits per heavy atom. The van der Waals surface area contributed by atoms with Gasteiger partial charge in [0.05, 0.1) is 17.2 Å². The lowest BCUT2D eigenvalue weighted by Crippen LogP contribution is -2.06. The van der Waals surface area contributed by atoms with Crippen LogP contribution in [0.15, 0.2) is 64.0 Å². The van der Waals surface area contributed by atoms with Gasteiger partial charge in [-0.05, 0) is 60.5 Å². The monoisotopic (exact) mass is 637 g/mol. The molecule has 0 fully saturated rings. The Labute approximate surface area is 247 Å². The van der Waals surface area contributed by atoms with Gasteiger partial charge in [-0.1, -0.05) is 17.7 Å². The first-order valence-electron chi connectivity index (χ1n) is 12.4. The summed E-state index contributed by atoms with van der Waals surface area (Å²) in [6.07, 6.45) is -3.07. The topological polar surface area (TPSA) is 98.2 Å². The number of aliphatic hydroxyl groups is 1. The molecule has 0 aliphatic heterocycles. The van der Waals surface area contributed by atoms with E-state index in [1.807, 2.05) is 0 Å². The van der Waals surface area contributed by atoms with Crippen molar-refractivity contribution in [2.45, 2.75) is 31.5 Å². The van der Waals surface area contributed by atoms with E-state index in [0.717, 1.165) is 30.7 Å². The molecule has 224 valence electrons.